The van der Waals surface area contributed by atoms with Gasteiger partial charge in [-0.25, -0.2) is 4.79 Å². The second-order valence-electron chi connectivity index (χ2n) is 3.52. The van der Waals surface area contributed by atoms with Crippen LogP contribution in [0.4, 0.5) is 0 Å². The van der Waals surface area contributed by atoms with Gasteiger partial charge in [-0.2, -0.15) is 0 Å². The van der Waals surface area contributed by atoms with Crippen LogP contribution in [0.3, 0.4) is 0 Å². The summed E-state index contributed by atoms with van der Waals surface area (Å²) in [6, 6.07) is 4.97. The number of hydrogen-bond donors (Lipinski definition) is 0. The van der Waals surface area contributed by atoms with E-state index in [0.717, 1.165) is 5.56 Å². The highest BCUT2D eigenvalue weighted by atomic mass is 16.5. The van der Waals surface area contributed by atoms with Crippen LogP contribution in [0.2, 0.25) is 0 Å². The molecule has 2 rings (SSSR count). The lowest BCUT2D eigenvalue weighted by Gasteiger charge is -2.15. The number of rotatable bonds is 2. The Kier molecular flexibility index (Phi) is 2.90. The van der Waals surface area contributed by atoms with Crippen molar-refractivity contribution in [2.45, 2.75) is 19.8 Å². The van der Waals surface area contributed by atoms with E-state index >= 15 is 0 Å². The van der Waals surface area contributed by atoms with Crippen LogP contribution < -0.4 is 4.74 Å². The monoisotopic (exact) mass is 220 g/mol. The maximum absolute atomic E-state index is 11.5. The minimum absolute atomic E-state index is 0.226. The Morgan fingerprint density at radius 2 is 2.25 bits per heavy atom. The molecule has 0 bridgehead atoms. The summed E-state index contributed by atoms with van der Waals surface area (Å²) in [7, 11) is 0. The van der Waals surface area contributed by atoms with Crippen molar-refractivity contribution in [1.82, 2.24) is 0 Å². The third-order valence-electron chi connectivity index (χ3n) is 2.39. The molecule has 0 radical (unpaired) electrons. The summed E-state index contributed by atoms with van der Waals surface area (Å²) in [6.45, 7) is 2.11. The predicted molar refractivity (Wildman–Crippen MR) is 56.4 cm³/mol. The van der Waals surface area contributed by atoms with Gasteiger partial charge in [0, 0.05) is 0 Å². The largest absolute Gasteiger partial charge is 0.462 e. The quantitative estimate of drug-likeness (QED) is 0.562. The van der Waals surface area contributed by atoms with Gasteiger partial charge in [0.2, 0.25) is 0 Å². The first-order chi connectivity index (χ1) is 7.70. The molecule has 16 heavy (non-hydrogen) atoms. The van der Waals surface area contributed by atoms with E-state index in [1.807, 2.05) is 0 Å². The predicted octanol–water partition coefficient (Wildman–Crippen LogP) is 1.71. The first kappa shape index (κ1) is 10.7. The number of benzene rings is 1. The molecule has 4 heteroatoms. The van der Waals surface area contributed by atoms with Gasteiger partial charge in [-0.15, -0.1) is 0 Å². The third-order valence-corrected chi connectivity index (χ3v) is 2.39. The zero-order valence-corrected chi connectivity index (χ0v) is 8.99. The standard InChI is InChI=1S/C12H12O4/c1-2-15-12(14)9-3-5-10-8(7-9)4-6-11(13)16-10/h3,5,7H,2,4,6H2,1H3. The highest BCUT2D eigenvalue weighted by molar-refractivity contribution is 5.90. The zero-order chi connectivity index (χ0) is 11.5. The van der Waals surface area contributed by atoms with Crippen molar-refractivity contribution < 1.29 is 19.1 Å². The van der Waals surface area contributed by atoms with Crippen molar-refractivity contribution in [2.75, 3.05) is 6.61 Å². The molecule has 1 heterocycles. The van der Waals surface area contributed by atoms with E-state index in [0.29, 0.717) is 30.8 Å². The van der Waals surface area contributed by atoms with Crippen LogP contribution in [-0.4, -0.2) is 18.5 Å². The number of aryl methyl sites for hydroxylation is 1. The smallest absolute Gasteiger partial charge is 0.338 e. The molecular formula is C12H12O4. The van der Waals surface area contributed by atoms with Crippen LogP contribution in [0.25, 0.3) is 0 Å². The number of hydrogen-bond acceptors (Lipinski definition) is 4. The maximum Gasteiger partial charge on any atom is 0.338 e. The first-order valence-electron chi connectivity index (χ1n) is 5.21. The second kappa shape index (κ2) is 4.35. The second-order valence-corrected chi connectivity index (χ2v) is 3.52. The van der Waals surface area contributed by atoms with Gasteiger partial charge in [0.1, 0.15) is 5.75 Å². The molecule has 0 aromatic heterocycles. The van der Waals surface area contributed by atoms with E-state index in [-0.39, 0.29) is 11.9 Å². The fourth-order valence-corrected chi connectivity index (χ4v) is 1.63. The average Bonchev–Trinajstić information content (AvgIpc) is 2.28. The third kappa shape index (κ3) is 2.05. The molecule has 0 unspecified atom stereocenters. The van der Waals surface area contributed by atoms with Gasteiger partial charge in [0.15, 0.2) is 0 Å². The van der Waals surface area contributed by atoms with Gasteiger partial charge in [-0.3, -0.25) is 4.79 Å². The summed E-state index contributed by atoms with van der Waals surface area (Å²) in [6.07, 6.45) is 0.973. The molecule has 0 fully saturated rings. The lowest BCUT2D eigenvalue weighted by molar-refractivity contribution is -0.135. The van der Waals surface area contributed by atoms with Crippen LogP contribution in [0.15, 0.2) is 18.2 Å². The van der Waals surface area contributed by atoms with Gasteiger partial charge in [-0.1, -0.05) is 0 Å². The molecule has 0 N–H and O–H groups in total. The van der Waals surface area contributed by atoms with Crippen molar-refractivity contribution in [3.05, 3.63) is 29.3 Å². The molecule has 1 aromatic carbocycles. The van der Waals surface area contributed by atoms with Crippen molar-refractivity contribution in [3.63, 3.8) is 0 Å². The van der Waals surface area contributed by atoms with Gasteiger partial charge >= 0.3 is 11.9 Å². The van der Waals surface area contributed by atoms with Crippen LogP contribution >= 0.6 is 0 Å². The molecular weight excluding hydrogens is 208 g/mol. The van der Waals surface area contributed by atoms with Crippen molar-refractivity contribution in [2.24, 2.45) is 0 Å². The molecule has 0 aliphatic carbocycles. The van der Waals surface area contributed by atoms with E-state index in [1.165, 1.54) is 0 Å². The van der Waals surface area contributed by atoms with Gasteiger partial charge < -0.3 is 9.47 Å². The minimum atomic E-state index is -0.345. The van der Waals surface area contributed by atoms with Crippen molar-refractivity contribution in [3.8, 4) is 5.75 Å². The van der Waals surface area contributed by atoms with E-state index in [9.17, 15) is 9.59 Å². The topological polar surface area (TPSA) is 52.6 Å². The van der Waals surface area contributed by atoms with E-state index < -0.39 is 0 Å². The Bertz CT molecular complexity index is 437. The minimum Gasteiger partial charge on any atom is -0.462 e. The average molecular weight is 220 g/mol. The molecule has 0 amide bonds. The summed E-state index contributed by atoms with van der Waals surface area (Å²) < 4.78 is 9.93. The number of carbonyl (C=O) groups is 2. The molecule has 84 valence electrons. The number of ether oxygens (including phenoxy) is 2. The van der Waals surface area contributed by atoms with Gasteiger partial charge in [-0.05, 0) is 37.1 Å². The van der Waals surface area contributed by atoms with Crippen LogP contribution in [0, 0.1) is 0 Å². The number of carbonyl (C=O) groups excluding carboxylic acids is 2. The van der Waals surface area contributed by atoms with Gasteiger partial charge in [0.05, 0.1) is 18.6 Å². The Hall–Kier alpha value is -1.84. The first-order valence-corrected chi connectivity index (χ1v) is 5.21. The van der Waals surface area contributed by atoms with Gasteiger partial charge in [0.25, 0.3) is 0 Å². The molecule has 1 aliphatic rings. The molecule has 0 spiro atoms. The summed E-state index contributed by atoms with van der Waals surface area (Å²) in [4.78, 5) is 22.5. The van der Waals surface area contributed by atoms with E-state index in [4.69, 9.17) is 9.47 Å². The summed E-state index contributed by atoms with van der Waals surface area (Å²) in [5, 5.41) is 0. The highest BCUT2D eigenvalue weighted by Crippen LogP contribution is 2.26. The maximum atomic E-state index is 11.5. The molecule has 0 saturated heterocycles. The fraction of sp³-hybridized carbons (Fsp3) is 0.333. The van der Waals surface area contributed by atoms with E-state index in [1.54, 1.807) is 25.1 Å². The Morgan fingerprint density at radius 3 is 3.00 bits per heavy atom. The lowest BCUT2D eigenvalue weighted by atomic mass is 10.0. The van der Waals surface area contributed by atoms with Crippen molar-refractivity contribution in [1.29, 1.82) is 0 Å². The molecule has 1 aromatic rings. The summed E-state index contributed by atoms with van der Waals surface area (Å²) in [5.41, 5.74) is 1.38. The normalized spacial score (nSPS) is 13.9. The van der Waals surface area contributed by atoms with Crippen LogP contribution in [-0.2, 0) is 16.0 Å². The lowest BCUT2D eigenvalue weighted by Crippen LogP contribution is -2.16. The SMILES string of the molecule is CCOC(=O)c1ccc2c(c1)CCC(=O)O2. The van der Waals surface area contributed by atoms with Crippen LogP contribution in [0.1, 0.15) is 29.3 Å². The number of esters is 2. The molecule has 0 saturated carbocycles. The Labute approximate surface area is 93.2 Å². The van der Waals surface area contributed by atoms with E-state index in [2.05, 4.69) is 0 Å². The molecule has 0 atom stereocenters. The molecule has 1 aliphatic heterocycles. The fourth-order valence-electron chi connectivity index (χ4n) is 1.63. The highest BCUT2D eigenvalue weighted by Gasteiger charge is 2.18. The van der Waals surface area contributed by atoms with Crippen molar-refractivity contribution >= 4 is 11.9 Å². The Morgan fingerprint density at radius 1 is 1.44 bits per heavy atom. The van der Waals surface area contributed by atoms with Crippen LogP contribution in [0.5, 0.6) is 5.75 Å². The summed E-state index contributed by atoms with van der Waals surface area (Å²) >= 11 is 0. The summed E-state index contributed by atoms with van der Waals surface area (Å²) in [5.74, 6) is -0.0251. The Balaban J connectivity index is 2.26. The molecule has 4 nitrogen and oxygen atoms in total. The number of fused-ring (bicyclic) bond motifs is 1. The zero-order valence-electron chi connectivity index (χ0n) is 8.99.